The Hall–Kier alpha value is -2.63. The maximum absolute atomic E-state index is 13.3. The number of rotatable bonds is 5. The van der Waals surface area contributed by atoms with Crippen molar-refractivity contribution < 1.29 is 14.7 Å². The van der Waals surface area contributed by atoms with Crippen LogP contribution in [0.3, 0.4) is 0 Å². The molecule has 6 nitrogen and oxygen atoms in total. The number of amides is 1. The number of hydrogen-bond acceptors (Lipinski definition) is 3. The summed E-state index contributed by atoms with van der Waals surface area (Å²) in [6, 6.07) is 7.51. The van der Waals surface area contributed by atoms with Gasteiger partial charge in [0.15, 0.2) is 5.82 Å². The van der Waals surface area contributed by atoms with Gasteiger partial charge in [-0.1, -0.05) is 19.1 Å². The van der Waals surface area contributed by atoms with Crippen molar-refractivity contribution in [2.75, 3.05) is 4.90 Å². The molecule has 1 aromatic heterocycles. The summed E-state index contributed by atoms with van der Waals surface area (Å²) >= 11 is 0. The number of aromatic nitrogens is 2. The first-order valence-corrected chi connectivity index (χ1v) is 10.0. The third-order valence-electron chi connectivity index (χ3n) is 5.54. The molecule has 28 heavy (non-hydrogen) atoms. The first-order valence-electron chi connectivity index (χ1n) is 10.0. The molecule has 6 heteroatoms. The van der Waals surface area contributed by atoms with Gasteiger partial charge in [-0.05, 0) is 70.1 Å². The molecule has 0 aliphatic heterocycles. The van der Waals surface area contributed by atoms with E-state index in [1.807, 2.05) is 45.0 Å². The van der Waals surface area contributed by atoms with Crippen LogP contribution in [0.15, 0.2) is 30.5 Å². The number of carbonyl (C=O) groups is 2. The standard InChI is InChI=1S/C22H29N3O3/c1-14(2)25(21(26)17-10-8-15(3)9-11-17)20-19(22(27)28)13-24(23-20)18-7-5-6-16(4)12-18/h5-7,12-15,17H,8-11H2,1-4H3,(H,27,28). The summed E-state index contributed by atoms with van der Waals surface area (Å²) in [5.41, 5.74) is 1.88. The maximum Gasteiger partial charge on any atom is 0.341 e. The minimum absolute atomic E-state index is 0.0149. The van der Waals surface area contributed by atoms with Gasteiger partial charge in [0.05, 0.1) is 5.69 Å². The Labute approximate surface area is 166 Å². The van der Waals surface area contributed by atoms with E-state index in [9.17, 15) is 14.7 Å². The van der Waals surface area contributed by atoms with Crippen molar-refractivity contribution in [2.45, 2.75) is 59.4 Å². The lowest BCUT2D eigenvalue weighted by atomic mass is 9.82. The first kappa shape index (κ1) is 20.1. The van der Waals surface area contributed by atoms with Crippen LogP contribution in [0.4, 0.5) is 5.82 Å². The molecular formula is C22H29N3O3. The van der Waals surface area contributed by atoms with Crippen LogP contribution < -0.4 is 4.90 Å². The van der Waals surface area contributed by atoms with Crippen molar-refractivity contribution in [1.82, 2.24) is 9.78 Å². The van der Waals surface area contributed by atoms with E-state index in [4.69, 9.17) is 0 Å². The summed E-state index contributed by atoms with van der Waals surface area (Å²) in [5, 5.41) is 14.3. The minimum atomic E-state index is -1.08. The molecule has 2 aromatic rings. The van der Waals surface area contributed by atoms with Crippen LogP contribution in [0.25, 0.3) is 5.69 Å². The summed E-state index contributed by atoms with van der Waals surface area (Å²) in [6.07, 6.45) is 5.27. The lowest BCUT2D eigenvalue weighted by Crippen LogP contribution is -2.43. The molecule has 1 aromatic carbocycles. The third kappa shape index (κ3) is 4.11. The molecule has 1 saturated carbocycles. The van der Waals surface area contributed by atoms with Gasteiger partial charge < -0.3 is 5.11 Å². The van der Waals surface area contributed by atoms with Gasteiger partial charge in [-0.15, -0.1) is 5.10 Å². The van der Waals surface area contributed by atoms with Crippen LogP contribution in [0.1, 0.15) is 62.4 Å². The average Bonchev–Trinajstić information content (AvgIpc) is 3.07. The van der Waals surface area contributed by atoms with Gasteiger partial charge in [0.2, 0.25) is 5.91 Å². The number of nitrogens with zero attached hydrogens (tertiary/aromatic N) is 3. The zero-order valence-electron chi connectivity index (χ0n) is 17.1. The van der Waals surface area contributed by atoms with Gasteiger partial charge in [-0.25, -0.2) is 9.48 Å². The third-order valence-corrected chi connectivity index (χ3v) is 5.54. The van der Waals surface area contributed by atoms with Crippen molar-refractivity contribution in [3.63, 3.8) is 0 Å². The van der Waals surface area contributed by atoms with Crippen LogP contribution in [0.5, 0.6) is 0 Å². The highest BCUT2D eigenvalue weighted by Crippen LogP contribution is 2.32. The molecular weight excluding hydrogens is 354 g/mol. The second-order valence-electron chi connectivity index (χ2n) is 8.21. The highest BCUT2D eigenvalue weighted by atomic mass is 16.4. The minimum Gasteiger partial charge on any atom is -0.477 e. The van der Waals surface area contributed by atoms with E-state index in [1.165, 1.54) is 6.20 Å². The first-order chi connectivity index (χ1) is 13.3. The fourth-order valence-corrected chi connectivity index (χ4v) is 3.90. The van der Waals surface area contributed by atoms with Crippen molar-refractivity contribution in [3.05, 3.63) is 41.6 Å². The summed E-state index contributed by atoms with van der Waals surface area (Å²) in [4.78, 5) is 26.8. The molecule has 1 fully saturated rings. The molecule has 0 radical (unpaired) electrons. The molecule has 0 saturated heterocycles. The molecule has 3 rings (SSSR count). The van der Waals surface area contributed by atoms with Crippen LogP contribution in [-0.2, 0) is 4.79 Å². The van der Waals surface area contributed by atoms with E-state index in [-0.39, 0.29) is 29.2 Å². The molecule has 1 N–H and O–H groups in total. The lowest BCUT2D eigenvalue weighted by molar-refractivity contribution is -0.123. The zero-order valence-corrected chi connectivity index (χ0v) is 17.1. The molecule has 1 amide bonds. The lowest BCUT2D eigenvalue weighted by Gasteiger charge is -2.32. The number of anilines is 1. The maximum atomic E-state index is 13.3. The fraction of sp³-hybridized carbons (Fsp3) is 0.500. The Morgan fingerprint density at radius 2 is 1.89 bits per heavy atom. The van der Waals surface area contributed by atoms with Crippen molar-refractivity contribution in [2.24, 2.45) is 11.8 Å². The van der Waals surface area contributed by atoms with Gasteiger partial charge in [-0.3, -0.25) is 9.69 Å². The molecule has 0 bridgehead atoms. The largest absolute Gasteiger partial charge is 0.477 e. The Kier molecular flexibility index (Phi) is 5.87. The van der Waals surface area contributed by atoms with E-state index in [0.29, 0.717) is 5.92 Å². The van der Waals surface area contributed by atoms with Crippen molar-refractivity contribution in [1.29, 1.82) is 0 Å². The van der Waals surface area contributed by atoms with E-state index in [2.05, 4.69) is 12.0 Å². The number of aromatic carboxylic acids is 1. The predicted octanol–water partition coefficient (Wildman–Crippen LogP) is 4.45. The monoisotopic (exact) mass is 383 g/mol. The summed E-state index contributed by atoms with van der Waals surface area (Å²) in [5.74, 6) is -0.285. The van der Waals surface area contributed by atoms with E-state index in [0.717, 1.165) is 36.9 Å². The molecule has 1 heterocycles. The molecule has 0 unspecified atom stereocenters. The molecule has 1 aliphatic carbocycles. The number of hydrogen-bond donors (Lipinski definition) is 1. The van der Waals surface area contributed by atoms with Crippen LogP contribution in [-0.4, -0.2) is 32.8 Å². The highest BCUT2D eigenvalue weighted by Gasteiger charge is 2.34. The van der Waals surface area contributed by atoms with E-state index < -0.39 is 5.97 Å². The fourth-order valence-electron chi connectivity index (χ4n) is 3.90. The molecule has 150 valence electrons. The zero-order chi connectivity index (χ0) is 20.4. The van der Waals surface area contributed by atoms with E-state index >= 15 is 0 Å². The second-order valence-corrected chi connectivity index (χ2v) is 8.21. The van der Waals surface area contributed by atoms with Gasteiger partial charge >= 0.3 is 5.97 Å². The van der Waals surface area contributed by atoms with Gasteiger partial charge in [0.25, 0.3) is 0 Å². The Balaban J connectivity index is 2.00. The number of benzene rings is 1. The average molecular weight is 383 g/mol. The Morgan fingerprint density at radius 1 is 1.21 bits per heavy atom. The molecule has 0 atom stereocenters. The summed E-state index contributed by atoms with van der Waals surface area (Å²) < 4.78 is 1.55. The summed E-state index contributed by atoms with van der Waals surface area (Å²) in [7, 11) is 0. The smallest absolute Gasteiger partial charge is 0.341 e. The van der Waals surface area contributed by atoms with Gasteiger partial charge in [0, 0.05) is 18.2 Å². The predicted molar refractivity (Wildman–Crippen MR) is 109 cm³/mol. The number of carboxylic acids is 1. The van der Waals surface area contributed by atoms with Crippen LogP contribution in [0.2, 0.25) is 0 Å². The van der Waals surface area contributed by atoms with Crippen molar-refractivity contribution in [3.8, 4) is 5.69 Å². The topological polar surface area (TPSA) is 75.4 Å². The number of carboxylic acid groups (broad SMARTS) is 1. The quantitative estimate of drug-likeness (QED) is 0.828. The van der Waals surface area contributed by atoms with Gasteiger partial charge in [0.1, 0.15) is 5.56 Å². The van der Waals surface area contributed by atoms with E-state index in [1.54, 1.807) is 9.58 Å². The number of carbonyl (C=O) groups excluding carboxylic acids is 1. The Morgan fingerprint density at radius 3 is 2.46 bits per heavy atom. The normalized spacial score (nSPS) is 19.6. The highest BCUT2D eigenvalue weighted by molar-refractivity contribution is 6.01. The molecule has 0 spiro atoms. The second kappa shape index (κ2) is 8.17. The number of aryl methyl sites for hydroxylation is 1. The SMILES string of the molecule is Cc1cccc(-n2cc(C(=O)O)c(N(C(=O)C3CCC(C)CC3)C(C)C)n2)c1. The van der Waals surface area contributed by atoms with Crippen molar-refractivity contribution >= 4 is 17.7 Å². The summed E-state index contributed by atoms with van der Waals surface area (Å²) in [6.45, 7) is 7.99. The Bertz CT molecular complexity index is 864. The van der Waals surface area contributed by atoms with Crippen LogP contribution >= 0.6 is 0 Å². The molecule has 1 aliphatic rings. The van der Waals surface area contributed by atoms with Crippen LogP contribution in [0, 0.1) is 18.8 Å². The van der Waals surface area contributed by atoms with Gasteiger partial charge in [-0.2, -0.15) is 0 Å².